The highest BCUT2D eigenvalue weighted by Crippen LogP contribution is 2.20. The maximum atomic E-state index is 4.53. The quantitative estimate of drug-likeness (QED) is 0.868. The molecule has 0 aromatic carbocycles. The van der Waals surface area contributed by atoms with Gasteiger partial charge in [-0.1, -0.05) is 13.0 Å². The summed E-state index contributed by atoms with van der Waals surface area (Å²) in [4.78, 5) is 8.90. The molecule has 0 amide bonds. The van der Waals surface area contributed by atoms with E-state index in [0.717, 1.165) is 30.1 Å². The highest BCUT2D eigenvalue weighted by Gasteiger charge is 2.16. The SMILES string of the molecule is CCCNC(Cc1nccs1)c1ncccc1C. The third kappa shape index (κ3) is 3.37. The number of hydrogen-bond donors (Lipinski definition) is 1. The van der Waals surface area contributed by atoms with Crippen LogP contribution in [0.2, 0.25) is 0 Å². The maximum absolute atomic E-state index is 4.53. The van der Waals surface area contributed by atoms with Crippen molar-refractivity contribution in [3.8, 4) is 0 Å². The van der Waals surface area contributed by atoms with E-state index in [1.807, 2.05) is 23.8 Å². The zero-order valence-corrected chi connectivity index (χ0v) is 11.7. The molecular weight excluding hydrogens is 242 g/mol. The molecule has 0 saturated heterocycles. The fraction of sp³-hybridized carbons (Fsp3) is 0.429. The molecule has 1 atom stereocenters. The van der Waals surface area contributed by atoms with Gasteiger partial charge in [-0.25, -0.2) is 4.98 Å². The number of aromatic nitrogens is 2. The van der Waals surface area contributed by atoms with Crippen LogP contribution < -0.4 is 5.32 Å². The smallest absolute Gasteiger partial charge is 0.0944 e. The topological polar surface area (TPSA) is 37.8 Å². The van der Waals surface area contributed by atoms with E-state index in [0.29, 0.717) is 0 Å². The summed E-state index contributed by atoms with van der Waals surface area (Å²) >= 11 is 1.71. The Morgan fingerprint density at radius 3 is 2.89 bits per heavy atom. The maximum Gasteiger partial charge on any atom is 0.0944 e. The molecule has 96 valence electrons. The Morgan fingerprint density at radius 1 is 1.33 bits per heavy atom. The predicted molar refractivity (Wildman–Crippen MR) is 75.8 cm³/mol. The fourth-order valence-corrected chi connectivity index (χ4v) is 2.64. The molecule has 0 bridgehead atoms. The van der Waals surface area contributed by atoms with Gasteiger partial charge in [-0.2, -0.15) is 0 Å². The van der Waals surface area contributed by atoms with Crippen molar-refractivity contribution in [1.82, 2.24) is 15.3 Å². The van der Waals surface area contributed by atoms with E-state index in [1.54, 1.807) is 11.3 Å². The molecule has 2 heterocycles. The average molecular weight is 261 g/mol. The molecule has 0 radical (unpaired) electrons. The molecule has 3 nitrogen and oxygen atoms in total. The standard InChI is InChI=1S/C14H19N3S/c1-3-6-15-12(10-13-16-8-9-18-13)14-11(2)5-4-7-17-14/h4-5,7-9,12,15H,3,6,10H2,1-2H3. The highest BCUT2D eigenvalue weighted by atomic mass is 32.1. The van der Waals surface area contributed by atoms with Crippen molar-refractivity contribution >= 4 is 11.3 Å². The Kier molecular flexibility index (Phi) is 4.84. The molecule has 0 aliphatic rings. The predicted octanol–water partition coefficient (Wildman–Crippen LogP) is 3.13. The summed E-state index contributed by atoms with van der Waals surface area (Å²) in [6.07, 6.45) is 5.77. The largest absolute Gasteiger partial charge is 0.308 e. The number of aryl methyl sites for hydroxylation is 1. The molecule has 2 aromatic rings. The number of rotatable bonds is 6. The van der Waals surface area contributed by atoms with Crippen LogP contribution in [0.3, 0.4) is 0 Å². The molecule has 0 aliphatic heterocycles. The second kappa shape index (κ2) is 6.61. The van der Waals surface area contributed by atoms with Gasteiger partial charge in [-0.15, -0.1) is 11.3 Å². The van der Waals surface area contributed by atoms with Gasteiger partial charge in [0.05, 0.1) is 16.7 Å². The molecule has 1 N–H and O–H groups in total. The van der Waals surface area contributed by atoms with Gasteiger partial charge in [0, 0.05) is 24.2 Å². The number of hydrogen-bond acceptors (Lipinski definition) is 4. The van der Waals surface area contributed by atoms with Crippen LogP contribution >= 0.6 is 11.3 Å². The van der Waals surface area contributed by atoms with Gasteiger partial charge in [0.15, 0.2) is 0 Å². The van der Waals surface area contributed by atoms with Gasteiger partial charge < -0.3 is 5.32 Å². The Labute approximate surface area is 112 Å². The zero-order chi connectivity index (χ0) is 12.8. The minimum absolute atomic E-state index is 0.261. The lowest BCUT2D eigenvalue weighted by Gasteiger charge is -2.18. The second-order valence-corrected chi connectivity index (χ2v) is 5.32. The lowest BCUT2D eigenvalue weighted by atomic mass is 10.1. The Bertz CT molecular complexity index is 468. The van der Waals surface area contributed by atoms with Crippen molar-refractivity contribution < 1.29 is 0 Å². The summed E-state index contributed by atoms with van der Waals surface area (Å²) in [5.74, 6) is 0. The van der Waals surface area contributed by atoms with Crippen LogP contribution in [0, 0.1) is 6.92 Å². The minimum atomic E-state index is 0.261. The fourth-order valence-electron chi connectivity index (χ4n) is 1.98. The number of nitrogens with one attached hydrogen (secondary N) is 1. The monoisotopic (exact) mass is 261 g/mol. The third-order valence-electron chi connectivity index (χ3n) is 2.88. The average Bonchev–Trinajstić information content (AvgIpc) is 2.88. The first-order valence-corrected chi connectivity index (χ1v) is 7.22. The van der Waals surface area contributed by atoms with Gasteiger partial charge in [0.25, 0.3) is 0 Å². The summed E-state index contributed by atoms with van der Waals surface area (Å²) in [5, 5.41) is 6.76. The first kappa shape index (κ1) is 13.2. The highest BCUT2D eigenvalue weighted by molar-refractivity contribution is 7.09. The van der Waals surface area contributed by atoms with E-state index in [-0.39, 0.29) is 6.04 Å². The summed E-state index contributed by atoms with van der Waals surface area (Å²) in [6.45, 7) is 5.30. The van der Waals surface area contributed by atoms with Crippen molar-refractivity contribution in [2.45, 2.75) is 32.7 Å². The van der Waals surface area contributed by atoms with E-state index < -0.39 is 0 Å². The zero-order valence-electron chi connectivity index (χ0n) is 10.9. The lowest BCUT2D eigenvalue weighted by molar-refractivity contribution is 0.514. The van der Waals surface area contributed by atoms with Crippen LogP contribution in [0.1, 0.15) is 35.7 Å². The molecule has 0 fully saturated rings. The molecule has 1 unspecified atom stereocenters. The van der Waals surface area contributed by atoms with E-state index in [9.17, 15) is 0 Å². The normalized spacial score (nSPS) is 12.6. The van der Waals surface area contributed by atoms with Gasteiger partial charge in [-0.05, 0) is 31.5 Å². The van der Waals surface area contributed by atoms with E-state index in [4.69, 9.17) is 0 Å². The van der Waals surface area contributed by atoms with Gasteiger partial charge in [0.2, 0.25) is 0 Å². The van der Waals surface area contributed by atoms with Gasteiger partial charge in [-0.3, -0.25) is 4.98 Å². The summed E-state index contributed by atoms with van der Waals surface area (Å²) in [6, 6.07) is 4.36. The van der Waals surface area contributed by atoms with Crippen molar-refractivity contribution in [3.05, 3.63) is 46.2 Å². The van der Waals surface area contributed by atoms with Crippen LogP contribution in [0.15, 0.2) is 29.9 Å². The number of thiazole rings is 1. The summed E-state index contributed by atoms with van der Waals surface area (Å²) in [5.41, 5.74) is 2.38. The van der Waals surface area contributed by atoms with E-state index >= 15 is 0 Å². The number of pyridine rings is 1. The van der Waals surface area contributed by atoms with Gasteiger partial charge >= 0.3 is 0 Å². The third-order valence-corrected chi connectivity index (χ3v) is 3.68. The lowest BCUT2D eigenvalue weighted by Crippen LogP contribution is -2.25. The van der Waals surface area contributed by atoms with Crippen LogP contribution in [0.25, 0.3) is 0 Å². The van der Waals surface area contributed by atoms with Crippen LogP contribution in [0.5, 0.6) is 0 Å². The Hall–Kier alpha value is -1.26. The van der Waals surface area contributed by atoms with E-state index in [2.05, 4.69) is 35.2 Å². The molecule has 2 aromatic heterocycles. The summed E-state index contributed by atoms with van der Waals surface area (Å²) in [7, 11) is 0. The molecule has 18 heavy (non-hydrogen) atoms. The van der Waals surface area contributed by atoms with Crippen LogP contribution in [0.4, 0.5) is 0 Å². The van der Waals surface area contributed by atoms with Crippen molar-refractivity contribution in [2.75, 3.05) is 6.54 Å². The molecule has 2 rings (SSSR count). The Morgan fingerprint density at radius 2 is 2.22 bits per heavy atom. The summed E-state index contributed by atoms with van der Waals surface area (Å²) < 4.78 is 0. The van der Waals surface area contributed by atoms with Crippen molar-refractivity contribution in [2.24, 2.45) is 0 Å². The first-order chi connectivity index (χ1) is 8.81. The molecule has 0 aliphatic carbocycles. The molecule has 4 heteroatoms. The molecule has 0 spiro atoms. The van der Waals surface area contributed by atoms with Crippen molar-refractivity contribution in [1.29, 1.82) is 0 Å². The second-order valence-electron chi connectivity index (χ2n) is 4.34. The van der Waals surface area contributed by atoms with Crippen LogP contribution in [-0.2, 0) is 6.42 Å². The molecular formula is C14H19N3S. The van der Waals surface area contributed by atoms with E-state index in [1.165, 1.54) is 5.56 Å². The van der Waals surface area contributed by atoms with Gasteiger partial charge in [0.1, 0.15) is 0 Å². The minimum Gasteiger partial charge on any atom is -0.308 e. The van der Waals surface area contributed by atoms with Crippen LogP contribution in [-0.4, -0.2) is 16.5 Å². The first-order valence-electron chi connectivity index (χ1n) is 6.34. The molecule has 0 saturated carbocycles. The number of nitrogens with zero attached hydrogens (tertiary/aromatic N) is 2. The Balaban J connectivity index is 2.16. The van der Waals surface area contributed by atoms with Crippen molar-refractivity contribution in [3.63, 3.8) is 0 Å².